The second-order valence-electron chi connectivity index (χ2n) is 4.43. The summed E-state index contributed by atoms with van der Waals surface area (Å²) in [6.07, 6.45) is 5.21. The number of carbonyl (C=O) groups is 2. The van der Waals surface area contributed by atoms with Crippen molar-refractivity contribution in [3.05, 3.63) is 0 Å². The fourth-order valence-electron chi connectivity index (χ4n) is 1.89. The maximum atomic E-state index is 11.8. The number of nitrogens with zero attached hydrogens (tertiary/aromatic N) is 2. The molecule has 1 aliphatic heterocycles. The number of carbonyl (C=O) groups excluding carboxylic acids is 2. The molecule has 0 N–H and O–H groups in total. The molecule has 0 saturated carbocycles. The highest BCUT2D eigenvalue weighted by Crippen LogP contribution is 2.09. The Hall–Kier alpha value is -1.06. The molecule has 1 saturated heterocycles. The van der Waals surface area contributed by atoms with Crippen molar-refractivity contribution in [3.8, 4) is 0 Å². The summed E-state index contributed by atoms with van der Waals surface area (Å²) in [6.45, 7) is 4.23. The summed E-state index contributed by atoms with van der Waals surface area (Å²) in [6, 6.07) is 0. The highest BCUT2D eigenvalue weighted by molar-refractivity contribution is 6.34. The Bertz CT molecular complexity index is 247. The predicted molar refractivity (Wildman–Crippen MR) is 63.0 cm³/mol. The van der Waals surface area contributed by atoms with Gasteiger partial charge in [0.05, 0.1) is 0 Å². The number of amides is 2. The van der Waals surface area contributed by atoms with Crippen LogP contribution in [0, 0.1) is 0 Å². The Morgan fingerprint density at radius 3 is 2.38 bits per heavy atom. The lowest BCUT2D eigenvalue weighted by atomic mass is 10.1. The number of rotatable bonds is 3. The van der Waals surface area contributed by atoms with Gasteiger partial charge in [-0.1, -0.05) is 13.3 Å². The van der Waals surface area contributed by atoms with Crippen molar-refractivity contribution in [3.63, 3.8) is 0 Å². The summed E-state index contributed by atoms with van der Waals surface area (Å²) >= 11 is 0. The van der Waals surface area contributed by atoms with Crippen molar-refractivity contribution < 1.29 is 9.59 Å². The summed E-state index contributed by atoms with van der Waals surface area (Å²) in [7, 11) is 1.71. The van der Waals surface area contributed by atoms with Crippen LogP contribution >= 0.6 is 0 Å². The average Bonchev–Trinajstić information content (AvgIpc) is 2.35. The summed E-state index contributed by atoms with van der Waals surface area (Å²) in [5.41, 5.74) is 0. The van der Waals surface area contributed by atoms with E-state index in [1.807, 2.05) is 0 Å². The zero-order chi connectivity index (χ0) is 12.0. The van der Waals surface area contributed by atoms with Gasteiger partial charge in [-0.15, -0.1) is 0 Å². The third-order valence-corrected chi connectivity index (χ3v) is 3.02. The van der Waals surface area contributed by atoms with Crippen LogP contribution in [0.2, 0.25) is 0 Å². The molecule has 0 aromatic carbocycles. The van der Waals surface area contributed by atoms with E-state index < -0.39 is 0 Å². The van der Waals surface area contributed by atoms with Gasteiger partial charge >= 0.3 is 11.8 Å². The van der Waals surface area contributed by atoms with Gasteiger partial charge in [-0.2, -0.15) is 0 Å². The van der Waals surface area contributed by atoms with Crippen LogP contribution in [0.25, 0.3) is 0 Å². The largest absolute Gasteiger partial charge is 0.338 e. The minimum Gasteiger partial charge on any atom is -0.338 e. The number of likely N-dealkylation sites (tertiary alicyclic amines) is 1. The van der Waals surface area contributed by atoms with Gasteiger partial charge in [-0.25, -0.2) is 0 Å². The first kappa shape index (κ1) is 13.0. The summed E-state index contributed by atoms with van der Waals surface area (Å²) < 4.78 is 0. The van der Waals surface area contributed by atoms with E-state index in [0.717, 1.165) is 38.8 Å². The third-order valence-electron chi connectivity index (χ3n) is 3.02. The van der Waals surface area contributed by atoms with Gasteiger partial charge in [-0.05, 0) is 25.7 Å². The highest BCUT2D eigenvalue weighted by Gasteiger charge is 2.25. The Balaban J connectivity index is 2.42. The zero-order valence-electron chi connectivity index (χ0n) is 10.4. The van der Waals surface area contributed by atoms with Gasteiger partial charge in [-0.3, -0.25) is 9.59 Å². The number of piperidine rings is 1. The Labute approximate surface area is 97.6 Å². The molecule has 0 aromatic rings. The standard InChI is InChI=1S/C12H22N2O2/c1-3-4-8-13(2)11(15)12(16)14-9-6-5-7-10-14/h3-10H2,1-2H3. The first-order valence-electron chi connectivity index (χ1n) is 6.21. The van der Waals surface area contributed by atoms with E-state index in [0.29, 0.717) is 6.54 Å². The third kappa shape index (κ3) is 3.51. The zero-order valence-corrected chi connectivity index (χ0v) is 10.4. The normalized spacial score (nSPS) is 16.0. The van der Waals surface area contributed by atoms with Crippen LogP contribution in [-0.4, -0.2) is 48.3 Å². The summed E-state index contributed by atoms with van der Waals surface area (Å²) in [4.78, 5) is 26.9. The Morgan fingerprint density at radius 2 is 1.81 bits per heavy atom. The van der Waals surface area contributed by atoms with Crippen molar-refractivity contribution in [2.24, 2.45) is 0 Å². The SMILES string of the molecule is CCCCN(C)C(=O)C(=O)N1CCCCC1. The molecule has 0 atom stereocenters. The van der Waals surface area contributed by atoms with Crippen LogP contribution in [0.4, 0.5) is 0 Å². The molecule has 0 radical (unpaired) electrons. The Kier molecular flexibility index (Phi) is 5.29. The van der Waals surface area contributed by atoms with Gasteiger partial charge in [0.15, 0.2) is 0 Å². The van der Waals surface area contributed by atoms with E-state index in [2.05, 4.69) is 6.92 Å². The molecule has 0 aromatic heterocycles. The fraction of sp³-hybridized carbons (Fsp3) is 0.833. The van der Waals surface area contributed by atoms with Crippen LogP contribution in [0.1, 0.15) is 39.0 Å². The molecule has 16 heavy (non-hydrogen) atoms. The van der Waals surface area contributed by atoms with Gasteiger partial charge in [0.1, 0.15) is 0 Å². The molecular formula is C12H22N2O2. The first-order valence-corrected chi connectivity index (χ1v) is 6.21. The highest BCUT2D eigenvalue weighted by atomic mass is 16.2. The molecule has 0 unspecified atom stereocenters. The van der Waals surface area contributed by atoms with E-state index in [9.17, 15) is 9.59 Å². The molecule has 0 bridgehead atoms. The summed E-state index contributed by atoms with van der Waals surface area (Å²) in [5, 5.41) is 0. The number of unbranched alkanes of at least 4 members (excludes halogenated alkanes) is 1. The minimum atomic E-state index is -0.352. The van der Waals surface area contributed by atoms with E-state index in [-0.39, 0.29) is 11.8 Å². The second kappa shape index (κ2) is 6.51. The number of hydrogen-bond donors (Lipinski definition) is 0. The van der Waals surface area contributed by atoms with E-state index in [1.54, 1.807) is 16.8 Å². The number of likely N-dealkylation sites (N-methyl/N-ethyl adjacent to an activating group) is 1. The van der Waals surface area contributed by atoms with Crippen LogP contribution in [0.5, 0.6) is 0 Å². The fourth-order valence-corrected chi connectivity index (χ4v) is 1.89. The molecule has 4 heteroatoms. The van der Waals surface area contributed by atoms with E-state index >= 15 is 0 Å². The van der Waals surface area contributed by atoms with Crippen molar-refractivity contribution in [2.45, 2.75) is 39.0 Å². The molecule has 0 aliphatic carbocycles. The van der Waals surface area contributed by atoms with Gasteiger partial charge in [0, 0.05) is 26.7 Å². The predicted octanol–water partition coefficient (Wildman–Crippen LogP) is 1.26. The van der Waals surface area contributed by atoms with Gasteiger partial charge in [0.25, 0.3) is 0 Å². The molecule has 1 fully saturated rings. The molecule has 92 valence electrons. The van der Waals surface area contributed by atoms with Crippen LogP contribution in [0.15, 0.2) is 0 Å². The van der Waals surface area contributed by atoms with E-state index in [1.165, 1.54) is 6.42 Å². The smallest absolute Gasteiger partial charge is 0.312 e. The van der Waals surface area contributed by atoms with Crippen LogP contribution in [-0.2, 0) is 9.59 Å². The molecule has 1 rings (SSSR count). The second-order valence-corrected chi connectivity index (χ2v) is 4.43. The lowest BCUT2D eigenvalue weighted by Gasteiger charge is -2.27. The molecular weight excluding hydrogens is 204 g/mol. The van der Waals surface area contributed by atoms with Crippen molar-refractivity contribution in [1.82, 2.24) is 9.80 Å². The van der Waals surface area contributed by atoms with Gasteiger partial charge in [0.2, 0.25) is 0 Å². The van der Waals surface area contributed by atoms with Crippen molar-refractivity contribution >= 4 is 11.8 Å². The molecule has 4 nitrogen and oxygen atoms in total. The van der Waals surface area contributed by atoms with Crippen LogP contribution < -0.4 is 0 Å². The average molecular weight is 226 g/mol. The topological polar surface area (TPSA) is 40.6 Å². The van der Waals surface area contributed by atoms with E-state index in [4.69, 9.17) is 0 Å². The molecule has 2 amide bonds. The van der Waals surface area contributed by atoms with Gasteiger partial charge < -0.3 is 9.80 Å². The lowest BCUT2D eigenvalue weighted by molar-refractivity contribution is -0.151. The number of hydrogen-bond acceptors (Lipinski definition) is 2. The molecule has 1 aliphatic rings. The quantitative estimate of drug-likeness (QED) is 0.680. The van der Waals surface area contributed by atoms with Crippen molar-refractivity contribution in [1.29, 1.82) is 0 Å². The van der Waals surface area contributed by atoms with Crippen LogP contribution in [0.3, 0.4) is 0 Å². The first-order chi connectivity index (χ1) is 7.66. The minimum absolute atomic E-state index is 0.321. The summed E-state index contributed by atoms with van der Waals surface area (Å²) in [5.74, 6) is -0.673. The Morgan fingerprint density at radius 1 is 1.19 bits per heavy atom. The maximum Gasteiger partial charge on any atom is 0.312 e. The monoisotopic (exact) mass is 226 g/mol. The molecule has 0 spiro atoms. The lowest BCUT2D eigenvalue weighted by Crippen LogP contribution is -2.46. The molecule has 1 heterocycles. The maximum absolute atomic E-state index is 11.8. The van der Waals surface area contributed by atoms with Crippen molar-refractivity contribution in [2.75, 3.05) is 26.7 Å².